The number of ether oxygens (including phenoxy) is 1. The number of carbonyl (C=O) groups is 1. The highest BCUT2D eigenvalue weighted by atomic mass is 35.5. The van der Waals surface area contributed by atoms with Gasteiger partial charge in [0.15, 0.2) is 6.10 Å². The fourth-order valence-electron chi connectivity index (χ4n) is 2.20. The predicted octanol–water partition coefficient (Wildman–Crippen LogP) is 4.36. The molecule has 138 valence electrons. The second kappa shape index (κ2) is 7.50. The van der Waals surface area contributed by atoms with E-state index in [4.69, 9.17) is 20.8 Å². The number of esters is 1. The summed E-state index contributed by atoms with van der Waals surface area (Å²) in [6, 6.07) is 9.31. The van der Waals surface area contributed by atoms with Crippen LogP contribution in [-0.4, -0.2) is 21.1 Å². The maximum atomic E-state index is 13.8. The SMILES string of the molecule is C[C@@H](OC(=O)c1c(F)cccc1Cl)c1nnc(-c2ccc([N+](=O)[O-])cc2)o1. The fourth-order valence-corrected chi connectivity index (χ4v) is 2.44. The average molecular weight is 392 g/mol. The molecule has 0 aliphatic carbocycles. The zero-order chi connectivity index (χ0) is 19.6. The molecule has 0 fully saturated rings. The van der Waals surface area contributed by atoms with Crippen molar-refractivity contribution in [3.05, 3.63) is 74.9 Å². The number of non-ortho nitro benzene ring substituents is 1. The Morgan fingerprint density at radius 1 is 1.26 bits per heavy atom. The molecule has 0 saturated heterocycles. The van der Waals surface area contributed by atoms with Crippen molar-refractivity contribution in [2.45, 2.75) is 13.0 Å². The van der Waals surface area contributed by atoms with Gasteiger partial charge in [-0.1, -0.05) is 17.7 Å². The van der Waals surface area contributed by atoms with Crippen LogP contribution in [0.5, 0.6) is 0 Å². The van der Waals surface area contributed by atoms with E-state index in [1.165, 1.54) is 43.3 Å². The van der Waals surface area contributed by atoms with E-state index >= 15 is 0 Å². The third kappa shape index (κ3) is 3.93. The fraction of sp³-hybridized carbons (Fsp3) is 0.118. The van der Waals surface area contributed by atoms with Gasteiger partial charge in [0.2, 0.25) is 5.89 Å². The number of hydrogen-bond donors (Lipinski definition) is 0. The van der Waals surface area contributed by atoms with Crippen LogP contribution in [-0.2, 0) is 4.74 Å². The topological polar surface area (TPSA) is 108 Å². The number of nitro benzene ring substituents is 1. The molecule has 10 heteroatoms. The van der Waals surface area contributed by atoms with Gasteiger partial charge in [-0.05, 0) is 31.2 Å². The molecule has 0 spiro atoms. The first-order chi connectivity index (χ1) is 12.9. The highest BCUT2D eigenvalue weighted by Gasteiger charge is 2.23. The number of nitro groups is 1. The summed E-state index contributed by atoms with van der Waals surface area (Å²) in [5.74, 6) is -1.71. The van der Waals surface area contributed by atoms with Crippen molar-refractivity contribution < 1.29 is 23.3 Å². The molecule has 0 aliphatic rings. The lowest BCUT2D eigenvalue weighted by atomic mass is 10.2. The van der Waals surface area contributed by atoms with Gasteiger partial charge in [0.1, 0.15) is 11.4 Å². The van der Waals surface area contributed by atoms with Crippen molar-refractivity contribution in [1.82, 2.24) is 10.2 Å². The van der Waals surface area contributed by atoms with Crippen LogP contribution in [0.3, 0.4) is 0 Å². The number of aromatic nitrogens is 2. The van der Waals surface area contributed by atoms with Crippen molar-refractivity contribution in [2.24, 2.45) is 0 Å². The van der Waals surface area contributed by atoms with Crippen molar-refractivity contribution in [3.63, 3.8) is 0 Å². The molecule has 0 bridgehead atoms. The molecule has 8 nitrogen and oxygen atoms in total. The molecule has 1 aromatic heterocycles. The standard InChI is InChI=1S/C17H11ClFN3O5/c1-9(26-17(23)14-12(18)3-2-4-13(14)19)15-20-21-16(27-15)10-5-7-11(8-6-10)22(24)25/h2-9H,1H3/t9-/m1/s1. The predicted molar refractivity (Wildman–Crippen MR) is 91.6 cm³/mol. The van der Waals surface area contributed by atoms with Crippen molar-refractivity contribution >= 4 is 23.3 Å². The van der Waals surface area contributed by atoms with Gasteiger partial charge in [-0.3, -0.25) is 10.1 Å². The second-order valence-corrected chi connectivity index (χ2v) is 5.80. The molecule has 3 aromatic rings. The van der Waals surface area contributed by atoms with Crippen LogP contribution in [0.2, 0.25) is 5.02 Å². The number of hydrogen-bond acceptors (Lipinski definition) is 7. The van der Waals surface area contributed by atoms with E-state index < -0.39 is 22.8 Å². The molecule has 0 aliphatic heterocycles. The van der Waals surface area contributed by atoms with Gasteiger partial charge in [-0.15, -0.1) is 10.2 Å². The van der Waals surface area contributed by atoms with Crippen LogP contribution in [0, 0.1) is 15.9 Å². The highest BCUT2D eigenvalue weighted by molar-refractivity contribution is 6.33. The first kappa shape index (κ1) is 18.5. The molecule has 0 unspecified atom stereocenters. The quantitative estimate of drug-likeness (QED) is 0.361. The van der Waals surface area contributed by atoms with E-state index in [0.29, 0.717) is 5.56 Å². The first-order valence-electron chi connectivity index (χ1n) is 7.60. The smallest absolute Gasteiger partial charge is 0.343 e. The summed E-state index contributed by atoms with van der Waals surface area (Å²) < 4.78 is 24.4. The Labute approximate surface area is 156 Å². The Morgan fingerprint density at radius 2 is 1.96 bits per heavy atom. The zero-order valence-corrected chi connectivity index (χ0v) is 14.5. The van der Waals surface area contributed by atoms with Crippen LogP contribution < -0.4 is 0 Å². The van der Waals surface area contributed by atoms with Crippen molar-refractivity contribution in [3.8, 4) is 11.5 Å². The van der Waals surface area contributed by atoms with Gasteiger partial charge >= 0.3 is 5.97 Å². The van der Waals surface area contributed by atoms with E-state index in [-0.39, 0.29) is 28.1 Å². The normalized spacial score (nSPS) is 11.8. The molecule has 0 radical (unpaired) electrons. The minimum atomic E-state index is -0.972. The Morgan fingerprint density at radius 3 is 2.59 bits per heavy atom. The van der Waals surface area contributed by atoms with Crippen molar-refractivity contribution in [2.75, 3.05) is 0 Å². The maximum absolute atomic E-state index is 13.8. The molecule has 27 heavy (non-hydrogen) atoms. The Bertz CT molecular complexity index is 986. The van der Waals surface area contributed by atoms with Gasteiger partial charge in [0, 0.05) is 17.7 Å². The van der Waals surface area contributed by atoms with E-state index in [2.05, 4.69) is 10.2 Å². The van der Waals surface area contributed by atoms with Gasteiger partial charge in [-0.2, -0.15) is 0 Å². The van der Waals surface area contributed by atoms with E-state index in [0.717, 1.165) is 6.07 Å². The van der Waals surface area contributed by atoms with E-state index in [1.54, 1.807) is 0 Å². The zero-order valence-electron chi connectivity index (χ0n) is 13.8. The highest BCUT2D eigenvalue weighted by Crippen LogP contribution is 2.26. The number of halogens is 2. The first-order valence-corrected chi connectivity index (χ1v) is 7.98. The number of nitrogens with zero attached hydrogens (tertiary/aromatic N) is 3. The Balaban J connectivity index is 1.76. The molecule has 0 N–H and O–H groups in total. The molecule has 2 aromatic carbocycles. The van der Waals surface area contributed by atoms with Gasteiger partial charge in [0.25, 0.3) is 11.6 Å². The molecule has 3 rings (SSSR count). The van der Waals surface area contributed by atoms with Crippen molar-refractivity contribution in [1.29, 1.82) is 0 Å². The number of rotatable bonds is 5. The molecule has 1 atom stereocenters. The Kier molecular flexibility index (Phi) is 5.13. The monoisotopic (exact) mass is 391 g/mol. The number of carbonyl (C=O) groups excluding carboxylic acids is 1. The summed E-state index contributed by atoms with van der Waals surface area (Å²) in [6.45, 7) is 1.47. The minimum absolute atomic E-state index is 0.0239. The summed E-state index contributed by atoms with van der Waals surface area (Å²) in [5, 5.41) is 18.2. The van der Waals surface area contributed by atoms with Gasteiger partial charge < -0.3 is 9.15 Å². The summed E-state index contributed by atoms with van der Waals surface area (Å²) in [4.78, 5) is 22.3. The minimum Gasteiger partial charge on any atom is -0.449 e. The summed E-state index contributed by atoms with van der Waals surface area (Å²) in [5.41, 5.74) is -0.0151. The van der Waals surface area contributed by atoms with E-state index in [9.17, 15) is 19.3 Å². The average Bonchev–Trinajstić information content (AvgIpc) is 3.12. The number of benzene rings is 2. The lowest BCUT2D eigenvalue weighted by molar-refractivity contribution is -0.384. The van der Waals surface area contributed by atoms with Crippen LogP contribution in [0.25, 0.3) is 11.5 Å². The molecule has 1 heterocycles. The lowest BCUT2D eigenvalue weighted by Gasteiger charge is -2.10. The summed E-state index contributed by atoms with van der Waals surface area (Å²) in [6.07, 6.45) is -0.965. The summed E-state index contributed by atoms with van der Waals surface area (Å²) in [7, 11) is 0. The third-order valence-electron chi connectivity index (χ3n) is 3.56. The Hall–Kier alpha value is -3.33. The molecular formula is C17H11ClFN3O5. The largest absolute Gasteiger partial charge is 0.449 e. The van der Waals surface area contributed by atoms with Crippen LogP contribution in [0.1, 0.15) is 29.3 Å². The maximum Gasteiger partial charge on any atom is 0.343 e. The molecular weight excluding hydrogens is 381 g/mol. The van der Waals surface area contributed by atoms with Crippen LogP contribution in [0.15, 0.2) is 46.9 Å². The van der Waals surface area contributed by atoms with Crippen LogP contribution >= 0.6 is 11.6 Å². The molecule has 0 amide bonds. The van der Waals surface area contributed by atoms with Gasteiger partial charge in [-0.25, -0.2) is 9.18 Å². The summed E-state index contributed by atoms with van der Waals surface area (Å²) >= 11 is 5.83. The second-order valence-electron chi connectivity index (χ2n) is 5.39. The molecule has 0 saturated carbocycles. The van der Waals surface area contributed by atoms with Crippen LogP contribution in [0.4, 0.5) is 10.1 Å². The van der Waals surface area contributed by atoms with E-state index in [1.807, 2.05) is 0 Å². The lowest BCUT2D eigenvalue weighted by Crippen LogP contribution is -2.12. The van der Waals surface area contributed by atoms with Gasteiger partial charge in [0.05, 0.1) is 9.95 Å². The third-order valence-corrected chi connectivity index (χ3v) is 3.88.